The van der Waals surface area contributed by atoms with Gasteiger partial charge in [-0.25, -0.2) is 14.4 Å². The molecule has 9 heteroatoms. The molecule has 5 rings (SSSR count). The van der Waals surface area contributed by atoms with E-state index in [0.29, 0.717) is 22.3 Å². The van der Waals surface area contributed by atoms with E-state index in [9.17, 15) is 9.18 Å². The van der Waals surface area contributed by atoms with Gasteiger partial charge in [-0.2, -0.15) is 0 Å². The Labute approximate surface area is 198 Å². The number of rotatable bonds is 6. The van der Waals surface area contributed by atoms with Crippen molar-refractivity contribution in [3.8, 4) is 11.1 Å². The van der Waals surface area contributed by atoms with E-state index in [2.05, 4.69) is 15.3 Å². The molecule has 0 saturated carbocycles. The van der Waals surface area contributed by atoms with E-state index in [0.717, 1.165) is 0 Å². The minimum atomic E-state index is -0.622. The van der Waals surface area contributed by atoms with E-state index < -0.39 is 11.9 Å². The molecule has 0 radical (unpaired) electrons. The lowest BCUT2D eigenvalue weighted by Gasteiger charge is -2.20. The van der Waals surface area contributed by atoms with Crippen LogP contribution in [-0.4, -0.2) is 15.7 Å². The first-order chi connectivity index (χ1) is 16.9. The van der Waals surface area contributed by atoms with E-state index in [1.54, 1.807) is 49.4 Å². The van der Waals surface area contributed by atoms with Crippen molar-refractivity contribution in [1.29, 1.82) is 5.41 Å². The Morgan fingerprint density at radius 3 is 2.71 bits per heavy atom. The Bertz CT molecular complexity index is 1610. The van der Waals surface area contributed by atoms with E-state index in [4.69, 9.17) is 20.0 Å². The van der Waals surface area contributed by atoms with Crippen molar-refractivity contribution in [2.45, 2.75) is 13.0 Å². The second kappa shape index (κ2) is 8.86. The number of nitrogen functional groups attached to an aromatic ring is 1. The summed E-state index contributed by atoms with van der Waals surface area (Å²) in [6, 6.07) is 15.3. The molecule has 0 saturated heterocycles. The SMILES string of the molecule is CC(Nc1ncnc(N)c1C(=N)c1ccco1)c1oc2ccccc2c(=O)c1-c1cccc(F)c1. The molecule has 0 bridgehead atoms. The third-order valence-electron chi connectivity index (χ3n) is 5.58. The summed E-state index contributed by atoms with van der Waals surface area (Å²) in [4.78, 5) is 21.8. The fraction of sp³-hybridized carbons (Fsp3) is 0.0769. The van der Waals surface area contributed by atoms with E-state index in [-0.39, 0.29) is 39.7 Å². The van der Waals surface area contributed by atoms with Crippen LogP contribution in [-0.2, 0) is 0 Å². The minimum Gasteiger partial charge on any atom is -0.463 e. The lowest BCUT2D eigenvalue weighted by atomic mass is 9.99. The molecule has 1 atom stereocenters. The van der Waals surface area contributed by atoms with Crippen LogP contribution in [0.2, 0.25) is 0 Å². The van der Waals surface area contributed by atoms with Crippen molar-refractivity contribution < 1.29 is 13.2 Å². The molecule has 0 aliphatic heterocycles. The van der Waals surface area contributed by atoms with Crippen LogP contribution in [0, 0.1) is 11.2 Å². The van der Waals surface area contributed by atoms with Crippen molar-refractivity contribution in [2.75, 3.05) is 11.1 Å². The van der Waals surface area contributed by atoms with Crippen LogP contribution in [0.5, 0.6) is 0 Å². The second-order valence-electron chi connectivity index (χ2n) is 7.88. The molecule has 174 valence electrons. The zero-order valence-electron chi connectivity index (χ0n) is 18.6. The number of nitrogens with two attached hydrogens (primary N) is 1. The van der Waals surface area contributed by atoms with Crippen LogP contribution in [0.25, 0.3) is 22.1 Å². The molecule has 0 spiro atoms. The number of furan rings is 1. The molecular weight excluding hydrogens is 449 g/mol. The van der Waals surface area contributed by atoms with Gasteiger partial charge in [-0.1, -0.05) is 24.3 Å². The van der Waals surface area contributed by atoms with Gasteiger partial charge in [-0.3, -0.25) is 10.2 Å². The molecule has 0 aliphatic carbocycles. The van der Waals surface area contributed by atoms with Crippen molar-refractivity contribution in [3.63, 3.8) is 0 Å². The molecule has 3 heterocycles. The zero-order chi connectivity index (χ0) is 24.5. The Balaban J connectivity index is 1.65. The first-order valence-electron chi connectivity index (χ1n) is 10.8. The number of fused-ring (bicyclic) bond motifs is 1. The minimum absolute atomic E-state index is 0.00637. The maximum Gasteiger partial charge on any atom is 0.200 e. The number of anilines is 2. The van der Waals surface area contributed by atoms with Crippen LogP contribution in [0.4, 0.5) is 16.0 Å². The highest BCUT2D eigenvalue weighted by atomic mass is 19.1. The average molecular weight is 469 g/mol. The molecule has 0 aliphatic rings. The molecule has 4 N–H and O–H groups in total. The summed E-state index contributed by atoms with van der Waals surface area (Å²) < 4.78 is 25.6. The summed E-state index contributed by atoms with van der Waals surface area (Å²) in [7, 11) is 0. The normalized spacial score (nSPS) is 11.9. The van der Waals surface area contributed by atoms with Gasteiger partial charge in [-0.15, -0.1) is 0 Å². The van der Waals surface area contributed by atoms with E-state index >= 15 is 0 Å². The summed E-state index contributed by atoms with van der Waals surface area (Å²) in [6.45, 7) is 1.77. The number of hydrogen-bond donors (Lipinski definition) is 3. The van der Waals surface area contributed by atoms with Crippen LogP contribution in [0.1, 0.15) is 30.0 Å². The Kier molecular flexibility index (Phi) is 5.58. The van der Waals surface area contributed by atoms with Gasteiger partial charge in [0.05, 0.1) is 28.8 Å². The molecule has 35 heavy (non-hydrogen) atoms. The Morgan fingerprint density at radius 2 is 1.94 bits per heavy atom. The van der Waals surface area contributed by atoms with Gasteiger partial charge in [0.1, 0.15) is 40.8 Å². The van der Waals surface area contributed by atoms with E-state index in [1.165, 1.54) is 30.8 Å². The van der Waals surface area contributed by atoms with Crippen molar-refractivity contribution in [1.82, 2.24) is 9.97 Å². The lowest BCUT2D eigenvalue weighted by molar-refractivity contribution is 0.515. The third-order valence-corrected chi connectivity index (χ3v) is 5.58. The highest BCUT2D eigenvalue weighted by molar-refractivity contribution is 6.14. The molecule has 3 aromatic heterocycles. The number of benzene rings is 2. The number of nitrogens with one attached hydrogen (secondary N) is 2. The number of para-hydroxylation sites is 1. The third kappa shape index (κ3) is 4.04. The molecule has 2 aromatic carbocycles. The second-order valence-corrected chi connectivity index (χ2v) is 7.88. The predicted molar refractivity (Wildman–Crippen MR) is 131 cm³/mol. The number of aromatic nitrogens is 2. The molecule has 5 aromatic rings. The molecule has 1 unspecified atom stereocenters. The molecule has 8 nitrogen and oxygen atoms in total. The largest absolute Gasteiger partial charge is 0.463 e. The number of nitrogens with zero attached hydrogens (tertiary/aromatic N) is 2. The number of halogens is 1. The summed E-state index contributed by atoms with van der Waals surface area (Å²) in [5, 5.41) is 12.1. The van der Waals surface area contributed by atoms with Gasteiger partial charge in [-0.05, 0) is 48.9 Å². The van der Waals surface area contributed by atoms with Crippen LogP contribution in [0.15, 0.2) is 86.9 Å². The zero-order valence-corrected chi connectivity index (χ0v) is 18.6. The average Bonchev–Trinajstić information content (AvgIpc) is 3.39. The molecule has 0 amide bonds. The fourth-order valence-electron chi connectivity index (χ4n) is 3.95. The van der Waals surface area contributed by atoms with E-state index in [1.807, 2.05) is 0 Å². The van der Waals surface area contributed by atoms with Crippen LogP contribution in [0.3, 0.4) is 0 Å². The summed E-state index contributed by atoms with van der Waals surface area (Å²) in [5.74, 6) is 0.444. The quantitative estimate of drug-likeness (QED) is 0.293. The van der Waals surface area contributed by atoms with Crippen molar-refractivity contribution >= 4 is 28.3 Å². The predicted octanol–water partition coefficient (Wildman–Crippen LogP) is 5.15. The van der Waals surface area contributed by atoms with Crippen LogP contribution < -0.4 is 16.5 Å². The Morgan fingerprint density at radius 1 is 1.11 bits per heavy atom. The first kappa shape index (κ1) is 22.0. The van der Waals surface area contributed by atoms with Gasteiger partial charge in [0.25, 0.3) is 0 Å². The summed E-state index contributed by atoms with van der Waals surface area (Å²) in [6.07, 6.45) is 2.72. The Hall–Kier alpha value is -4.79. The van der Waals surface area contributed by atoms with Gasteiger partial charge >= 0.3 is 0 Å². The van der Waals surface area contributed by atoms with Crippen LogP contribution >= 0.6 is 0 Å². The maximum absolute atomic E-state index is 14.1. The highest BCUT2D eigenvalue weighted by Crippen LogP contribution is 2.32. The fourth-order valence-corrected chi connectivity index (χ4v) is 3.95. The lowest BCUT2D eigenvalue weighted by Crippen LogP contribution is -2.18. The topological polar surface area (TPSA) is 131 Å². The van der Waals surface area contributed by atoms with Crippen molar-refractivity contribution in [2.24, 2.45) is 0 Å². The number of hydrogen-bond acceptors (Lipinski definition) is 8. The smallest absolute Gasteiger partial charge is 0.200 e. The monoisotopic (exact) mass is 469 g/mol. The highest BCUT2D eigenvalue weighted by Gasteiger charge is 2.24. The molecule has 0 fully saturated rings. The van der Waals surface area contributed by atoms with Gasteiger partial charge in [0.15, 0.2) is 5.76 Å². The first-order valence-corrected chi connectivity index (χ1v) is 10.8. The standard InChI is InChI=1S/C26H20FN5O3/c1-14(32-26-21(25(29)30-13-31-26)22(28)19-10-5-11-34-19)24-20(15-6-4-7-16(27)12-15)23(33)17-8-2-3-9-18(17)35-24/h2-14,28H,1H3,(H3,29,30,31,32). The summed E-state index contributed by atoms with van der Waals surface area (Å²) >= 11 is 0. The van der Waals surface area contributed by atoms with Gasteiger partial charge in [0.2, 0.25) is 5.43 Å². The van der Waals surface area contributed by atoms with Crippen molar-refractivity contribution in [3.05, 3.63) is 106 Å². The van der Waals surface area contributed by atoms with Gasteiger partial charge < -0.3 is 19.9 Å². The summed E-state index contributed by atoms with van der Waals surface area (Å²) in [5.41, 5.74) is 7.05. The molecular formula is C26H20FN5O3. The maximum atomic E-state index is 14.1. The van der Waals surface area contributed by atoms with Gasteiger partial charge in [0, 0.05) is 0 Å².